The van der Waals surface area contributed by atoms with Crippen LogP contribution >= 0.6 is 15.9 Å². The minimum atomic E-state index is -0.883. The van der Waals surface area contributed by atoms with E-state index in [9.17, 15) is 9.50 Å². The van der Waals surface area contributed by atoms with Crippen molar-refractivity contribution in [2.75, 3.05) is 13.7 Å². The van der Waals surface area contributed by atoms with Gasteiger partial charge in [0.1, 0.15) is 5.82 Å². The van der Waals surface area contributed by atoms with Crippen LogP contribution in [0.4, 0.5) is 4.39 Å². The quantitative estimate of drug-likeness (QED) is 0.904. The summed E-state index contributed by atoms with van der Waals surface area (Å²) in [6, 6.07) is 4.47. The summed E-state index contributed by atoms with van der Waals surface area (Å²) in [5.74, 6) is -0.291. The molecule has 0 aromatic heterocycles. The van der Waals surface area contributed by atoms with Gasteiger partial charge in [-0.25, -0.2) is 4.39 Å². The van der Waals surface area contributed by atoms with Gasteiger partial charge in [0, 0.05) is 24.6 Å². The number of methoxy groups -OCH3 is 1. The Balaban J connectivity index is 2.74. The third-order valence-corrected chi connectivity index (χ3v) is 3.20. The highest BCUT2D eigenvalue weighted by atomic mass is 79.9. The van der Waals surface area contributed by atoms with Crippen LogP contribution in [-0.4, -0.2) is 24.4 Å². The van der Waals surface area contributed by atoms with Gasteiger partial charge >= 0.3 is 0 Å². The van der Waals surface area contributed by atoms with Crippen LogP contribution in [0.5, 0.6) is 0 Å². The van der Waals surface area contributed by atoms with E-state index in [1.807, 2.05) is 0 Å². The first-order chi connectivity index (χ1) is 7.44. The number of aliphatic hydroxyl groups is 1. The summed E-state index contributed by atoms with van der Waals surface area (Å²) >= 11 is 3.34. The topological polar surface area (TPSA) is 29.5 Å². The molecule has 1 rings (SSSR count). The zero-order valence-electron chi connectivity index (χ0n) is 9.46. The lowest BCUT2D eigenvalue weighted by atomic mass is 9.93. The third-order valence-electron chi connectivity index (χ3n) is 2.42. The maximum absolute atomic E-state index is 13.0. The number of rotatable bonds is 5. The summed E-state index contributed by atoms with van der Waals surface area (Å²) in [5, 5.41) is 10.1. The molecule has 0 heterocycles. The fourth-order valence-electron chi connectivity index (χ4n) is 1.50. The van der Waals surface area contributed by atoms with Crippen molar-refractivity contribution in [2.45, 2.75) is 25.4 Å². The molecule has 2 nitrogen and oxygen atoms in total. The van der Waals surface area contributed by atoms with E-state index in [-0.39, 0.29) is 5.82 Å². The maximum Gasteiger partial charge on any atom is 0.123 e. The van der Waals surface area contributed by atoms with Crippen LogP contribution in [0.2, 0.25) is 0 Å². The predicted octanol–water partition coefficient (Wildman–Crippen LogP) is 2.92. The summed E-state index contributed by atoms with van der Waals surface area (Å²) in [5.41, 5.74) is -0.118. The van der Waals surface area contributed by atoms with E-state index < -0.39 is 5.60 Å². The Labute approximate surface area is 104 Å². The van der Waals surface area contributed by atoms with Crippen molar-refractivity contribution in [1.29, 1.82) is 0 Å². The monoisotopic (exact) mass is 290 g/mol. The van der Waals surface area contributed by atoms with Crippen molar-refractivity contribution in [3.8, 4) is 0 Å². The van der Waals surface area contributed by atoms with Crippen LogP contribution in [-0.2, 0) is 11.2 Å². The Kier molecular flexibility index (Phi) is 4.89. The Morgan fingerprint density at radius 3 is 2.81 bits per heavy atom. The average molecular weight is 291 g/mol. The lowest BCUT2D eigenvalue weighted by Gasteiger charge is -2.23. The second-order valence-electron chi connectivity index (χ2n) is 4.15. The van der Waals surface area contributed by atoms with Gasteiger partial charge in [-0.15, -0.1) is 0 Å². The minimum Gasteiger partial charge on any atom is -0.390 e. The molecule has 0 aliphatic carbocycles. The normalized spacial score (nSPS) is 14.8. The Bertz CT molecular complexity index is 353. The van der Waals surface area contributed by atoms with Crippen LogP contribution in [0.15, 0.2) is 22.7 Å². The lowest BCUT2D eigenvalue weighted by molar-refractivity contribution is 0.0248. The summed E-state index contributed by atoms with van der Waals surface area (Å²) < 4.78 is 18.8. The van der Waals surface area contributed by atoms with Gasteiger partial charge in [-0.05, 0) is 37.1 Å². The number of hydrogen-bond donors (Lipinski definition) is 1. The highest BCUT2D eigenvalue weighted by Gasteiger charge is 2.21. The van der Waals surface area contributed by atoms with Crippen molar-refractivity contribution in [1.82, 2.24) is 0 Å². The smallest absolute Gasteiger partial charge is 0.123 e. The molecule has 0 aliphatic heterocycles. The first-order valence-electron chi connectivity index (χ1n) is 5.10. The third kappa shape index (κ3) is 4.20. The van der Waals surface area contributed by atoms with E-state index in [0.717, 1.165) is 10.0 Å². The van der Waals surface area contributed by atoms with Gasteiger partial charge in [0.05, 0.1) is 5.60 Å². The van der Waals surface area contributed by atoms with E-state index in [0.29, 0.717) is 19.4 Å². The van der Waals surface area contributed by atoms with Gasteiger partial charge < -0.3 is 9.84 Å². The molecular formula is C12H16BrFO2. The van der Waals surface area contributed by atoms with E-state index in [1.165, 1.54) is 12.1 Å². The molecule has 1 atom stereocenters. The van der Waals surface area contributed by atoms with Gasteiger partial charge in [-0.1, -0.05) is 15.9 Å². The van der Waals surface area contributed by atoms with Crippen molar-refractivity contribution in [3.05, 3.63) is 34.1 Å². The maximum atomic E-state index is 13.0. The van der Waals surface area contributed by atoms with E-state index >= 15 is 0 Å². The van der Waals surface area contributed by atoms with E-state index in [2.05, 4.69) is 15.9 Å². The van der Waals surface area contributed by atoms with Crippen LogP contribution in [0.25, 0.3) is 0 Å². The molecule has 0 radical (unpaired) electrons. The van der Waals surface area contributed by atoms with E-state index in [4.69, 9.17) is 4.74 Å². The van der Waals surface area contributed by atoms with Crippen molar-refractivity contribution in [3.63, 3.8) is 0 Å². The summed E-state index contributed by atoms with van der Waals surface area (Å²) in [7, 11) is 1.59. The summed E-state index contributed by atoms with van der Waals surface area (Å²) in [6.45, 7) is 2.21. The Morgan fingerprint density at radius 2 is 2.19 bits per heavy atom. The molecule has 0 amide bonds. The molecule has 90 valence electrons. The Morgan fingerprint density at radius 1 is 1.50 bits per heavy atom. The molecule has 0 bridgehead atoms. The molecule has 0 spiro atoms. The molecule has 0 aliphatic rings. The SMILES string of the molecule is COCCC(C)(O)Cc1cc(F)ccc1Br. The second-order valence-corrected chi connectivity index (χ2v) is 5.01. The molecule has 1 aromatic carbocycles. The fraction of sp³-hybridized carbons (Fsp3) is 0.500. The summed E-state index contributed by atoms with van der Waals surface area (Å²) in [4.78, 5) is 0. The number of benzene rings is 1. The average Bonchev–Trinajstić information content (AvgIpc) is 2.20. The zero-order valence-corrected chi connectivity index (χ0v) is 11.1. The largest absolute Gasteiger partial charge is 0.390 e. The fourth-order valence-corrected chi connectivity index (χ4v) is 1.89. The van der Waals surface area contributed by atoms with Crippen LogP contribution in [0, 0.1) is 5.82 Å². The van der Waals surface area contributed by atoms with Gasteiger partial charge in [0.25, 0.3) is 0 Å². The molecular weight excluding hydrogens is 275 g/mol. The first kappa shape index (κ1) is 13.6. The van der Waals surface area contributed by atoms with Crippen LogP contribution < -0.4 is 0 Å². The Hall–Kier alpha value is -0.450. The van der Waals surface area contributed by atoms with Gasteiger partial charge in [-0.3, -0.25) is 0 Å². The second kappa shape index (κ2) is 5.75. The van der Waals surface area contributed by atoms with Gasteiger partial charge in [0.2, 0.25) is 0 Å². The molecule has 0 saturated carbocycles. The van der Waals surface area contributed by atoms with Crippen molar-refractivity contribution in [2.24, 2.45) is 0 Å². The molecule has 4 heteroatoms. The molecule has 1 unspecified atom stereocenters. The van der Waals surface area contributed by atoms with Gasteiger partial charge in [0.15, 0.2) is 0 Å². The van der Waals surface area contributed by atoms with Gasteiger partial charge in [-0.2, -0.15) is 0 Å². The van der Waals surface area contributed by atoms with Crippen LogP contribution in [0.1, 0.15) is 18.9 Å². The highest BCUT2D eigenvalue weighted by molar-refractivity contribution is 9.10. The standard InChI is InChI=1S/C12H16BrFO2/c1-12(15,5-6-16-2)8-9-7-10(14)3-4-11(9)13/h3-4,7,15H,5-6,8H2,1-2H3. The first-order valence-corrected chi connectivity index (χ1v) is 5.89. The number of hydrogen-bond acceptors (Lipinski definition) is 2. The molecule has 0 fully saturated rings. The molecule has 1 N–H and O–H groups in total. The van der Waals surface area contributed by atoms with E-state index in [1.54, 1.807) is 20.1 Å². The zero-order chi connectivity index (χ0) is 12.2. The van der Waals surface area contributed by atoms with Crippen LogP contribution in [0.3, 0.4) is 0 Å². The molecule has 0 saturated heterocycles. The lowest BCUT2D eigenvalue weighted by Crippen LogP contribution is -2.29. The molecule has 1 aromatic rings. The number of ether oxygens (including phenoxy) is 1. The molecule has 16 heavy (non-hydrogen) atoms. The predicted molar refractivity (Wildman–Crippen MR) is 64.9 cm³/mol. The van der Waals surface area contributed by atoms with Crippen molar-refractivity contribution < 1.29 is 14.2 Å². The highest BCUT2D eigenvalue weighted by Crippen LogP contribution is 2.24. The van der Waals surface area contributed by atoms with Crippen molar-refractivity contribution >= 4 is 15.9 Å². The minimum absolute atomic E-state index is 0.291. The summed E-state index contributed by atoms with van der Waals surface area (Å²) in [6.07, 6.45) is 0.918. The number of halogens is 2.